The van der Waals surface area contributed by atoms with Gasteiger partial charge in [0.2, 0.25) is 5.91 Å². The molecule has 9 nitrogen and oxygen atoms in total. The number of hydrogen-bond donors (Lipinski definition) is 1. The van der Waals surface area contributed by atoms with Crippen LogP contribution in [0.2, 0.25) is 0 Å². The first-order valence-electron chi connectivity index (χ1n) is 16.5. The van der Waals surface area contributed by atoms with Crippen molar-refractivity contribution in [3.05, 3.63) is 72.3 Å². The molecule has 0 aromatic heterocycles. The van der Waals surface area contributed by atoms with Gasteiger partial charge in [0.05, 0.1) is 11.6 Å². The van der Waals surface area contributed by atoms with Gasteiger partial charge < -0.3 is 34.2 Å². The van der Waals surface area contributed by atoms with E-state index >= 15 is 0 Å². The number of nitrogens with one attached hydrogen (secondary N) is 1. The zero-order chi connectivity index (χ0) is 32.0. The van der Waals surface area contributed by atoms with Crippen molar-refractivity contribution in [2.24, 2.45) is 5.92 Å². The van der Waals surface area contributed by atoms with Crippen LogP contribution in [0.15, 0.2) is 66.7 Å². The number of piperidine rings is 1. The van der Waals surface area contributed by atoms with Crippen LogP contribution in [0.5, 0.6) is 11.5 Å². The standard InChI is InChI=1S/C37H46N4O5/c1-39(2)18-20-45-31-10-5-8-27(22-31)26-7-4-9-28(21-26)32-15-16-38-24-33(32)37(43)41(29-11-12-29)30-13-14-35-34(23-30)40(17-6-19-44-3)36(42)25-46-35/h4-5,7-10,13-14,21-23,29,32-33,38H,6,11-12,15-20,24-25H2,1-3H3/t32-,33+/m1/s1. The van der Waals surface area contributed by atoms with E-state index < -0.39 is 0 Å². The summed E-state index contributed by atoms with van der Waals surface area (Å²) in [6.45, 7) is 4.11. The number of benzene rings is 3. The molecule has 6 rings (SSSR count). The van der Waals surface area contributed by atoms with Crippen molar-refractivity contribution in [2.75, 3.05) is 77.0 Å². The number of amides is 2. The molecular weight excluding hydrogens is 580 g/mol. The lowest BCUT2D eigenvalue weighted by Gasteiger charge is -2.36. The van der Waals surface area contributed by atoms with Crippen molar-refractivity contribution in [2.45, 2.75) is 37.6 Å². The third kappa shape index (κ3) is 7.38. The molecule has 2 amide bonds. The van der Waals surface area contributed by atoms with Gasteiger partial charge >= 0.3 is 0 Å². The summed E-state index contributed by atoms with van der Waals surface area (Å²) in [5, 5.41) is 3.50. The SMILES string of the molecule is COCCCN1C(=O)COc2ccc(N(C(=O)[C@H]3CNCC[C@@H]3c3cccc(-c4cccc(OCCN(C)C)c4)c3)C3CC3)cc21. The Morgan fingerprint density at radius 1 is 1.00 bits per heavy atom. The highest BCUT2D eigenvalue weighted by Crippen LogP contribution is 2.42. The Morgan fingerprint density at radius 2 is 1.80 bits per heavy atom. The van der Waals surface area contributed by atoms with Gasteiger partial charge in [-0.1, -0.05) is 36.4 Å². The van der Waals surface area contributed by atoms with E-state index in [1.807, 2.05) is 49.3 Å². The van der Waals surface area contributed by atoms with Crippen LogP contribution < -0.4 is 24.6 Å². The lowest BCUT2D eigenvalue weighted by molar-refractivity contribution is -0.123. The third-order valence-electron chi connectivity index (χ3n) is 9.13. The molecule has 2 atom stereocenters. The lowest BCUT2D eigenvalue weighted by atomic mass is 9.79. The highest BCUT2D eigenvalue weighted by Gasteiger charge is 2.41. The monoisotopic (exact) mass is 626 g/mol. The number of ether oxygens (including phenoxy) is 3. The van der Waals surface area contributed by atoms with Crippen LogP contribution in [0.1, 0.15) is 37.2 Å². The number of carbonyl (C=O) groups is 2. The molecule has 0 unspecified atom stereocenters. The van der Waals surface area contributed by atoms with E-state index in [-0.39, 0.29) is 36.3 Å². The number of likely N-dealkylation sites (N-methyl/N-ethyl adjacent to an activating group) is 1. The lowest BCUT2D eigenvalue weighted by Crippen LogP contribution is -2.47. The largest absolute Gasteiger partial charge is 0.492 e. The predicted octanol–water partition coefficient (Wildman–Crippen LogP) is 4.94. The Kier molecular flexibility index (Phi) is 10.2. The highest BCUT2D eigenvalue weighted by atomic mass is 16.5. The first-order chi connectivity index (χ1) is 22.4. The van der Waals surface area contributed by atoms with Gasteiger partial charge in [-0.25, -0.2) is 0 Å². The van der Waals surface area contributed by atoms with E-state index in [0.717, 1.165) is 67.0 Å². The number of nitrogens with zero attached hydrogens (tertiary/aromatic N) is 3. The van der Waals surface area contributed by atoms with Gasteiger partial charge in [-0.15, -0.1) is 0 Å². The summed E-state index contributed by atoms with van der Waals surface area (Å²) in [6, 6.07) is 22.9. The van der Waals surface area contributed by atoms with Crippen molar-refractivity contribution < 1.29 is 23.8 Å². The minimum Gasteiger partial charge on any atom is -0.492 e. The maximum atomic E-state index is 14.6. The fourth-order valence-corrected chi connectivity index (χ4v) is 6.56. The Labute approximate surface area is 272 Å². The first kappa shape index (κ1) is 32.0. The van der Waals surface area contributed by atoms with Crippen molar-refractivity contribution in [1.29, 1.82) is 0 Å². The number of hydrogen-bond acceptors (Lipinski definition) is 7. The maximum Gasteiger partial charge on any atom is 0.265 e. The molecule has 1 N–H and O–H groups in total. The summed E-state index contributed by atoms with van der Waals surface area (Å²) >= 11 is 0. The number of methoxy groups -OCH3 is 1. The van der Waals surface area contributed by atoms with Crippen LogP contribution in [-0.4, -0.2) is 90.0 Å². The van der Waals surface area contributed by atoms with E-state index in [1.54, 1.807) is 12.0 Å². The molecule has 0 radical (unpaired) electrons. The van der Waals surface area contributed by atoms with E-state index in [4.69, 9.17) is 14.2 Å². The molecule has 2 aliphatic heterocycles. The van der Waals surface area contributed by atoms with Crippen molar-refractivity contribution in [3.63, 3.8) is 0 Å². The molecule has 1 saturated carbocycles. The Hall–Kier alpha value is -3.92. The molecule has 0 bridgehead atoms. The summed E-state index contributed by atoms with van der Waals surface area (Å²) in [6.07, 6.45) is 3.55. The van der Waals surface area contributed by atoms with Crippen molar-refractivity contribution >= 4 is 23.2 Å². The third-order valence-corrected chi connectivity index (χ3v) is 9.13. The molecule has 3 aromatic carbocycles. The molecule has 46 heavy (non-hydrogen) atoms. The molecule has 9 heteroatoms. The second-order valence-corrected chi connectivity index (χ2v) is 12.8. The van der Waals surface area contributed by atoms with Crippen LogP contribution in [0, 0.1) is 5.92 Å². The Balaban J connectivity index is 1.25. The van der Waals surface area contributed by atoms with E-state index in [9.17, 15) is 9.59 Å². The minimum absolute atomic E-state index is 0.0207. The second-order valence-electron chi connectivity index (χ2n) is 12.8. The maximum absolute atomic E-state index is 14.6. The van der Waals surface area contributed by atoms with Gasteiger partial charge in [0.1, 0.15) is 18.1 Å². The average Bonchev–Trinajstić information content (AvgIpc) is 3.91. The normalized spacial score (nSPS) is 19.5. The van der Waals surface area contributed by atoms with Crippen molar-refractivity contribution in [1.82, 2.24) is 10.2 Å². The molecular formula is C37H46N4O5. The first-order valence-corrected chi connectivity index (χ1v) is 16.5. The Bertz CT molecular complexity index is 1520. The molecule has 1 aliphatic carbocycles. The average molecular weight is 627 g/mol. The summed E-state index contributed by atoms with van der Waals surface area (Å²) in [5.74, 6) is 1.46. The molecule has 2 heterocycles. The molecule has 2 fully saturated rings. The van der Waals surface area contributed by atoms with Crippen LogP contribution >= 0.6 is 0 Å². The second kappa shape index (κ2) is 14.7. The number of rotatable bonds is 13. The van der Waals surface area contributed by atoms with Gasteiger partial charge in [0.15, 0.2) is 6.61 Å². The molecule has 244 valence electrons. The van der Waals surface area contributed by atoms with Crippen molar-refractivity contribution in [3.8, 4) is 22.6 Å². The minimum atomic E-state index is -0.211. The molecule has 0 spiro atoms. The summed E-state index contributed by atoms with van der Waals surface area (Å²) in [5.41, 5.74) is 4.95. The van der Waals surface area contributed by atoms with Crippen LogP contribution in [-0.2, 0) is 14.3 Å². The molecule has 1 saturated heterocycles. The van der Waals surface area contributed by atoms with Gasteiger partial charge in [0.25, 0.3) is 5.91 Å². The molecule has 3 aliphatic rings. The summed E-state index contributed by atoms with van der Waals surface area (Å²) < 4.78 is 17.0. The quantitative estimate of drug-likeness (QED) is 0.269. The zero-order valence-electron chi connectivity index (χ0n) is 27.2. The van der Waals surface area contributed by atoms with Gasteiger partial charge in [-0.3, -0.25) is 9.59 Å². The Morgan fingerprint density at radius 3 is 2.59 bits per heavy atom. The smallest absolute Gasteiger partial charge is 0.265 e. The number of fused-ring (bicyclic) bond motifs is 1. The van der Waals surface area contributed by atoms with Crippen LogP contribution in [0.3, 0.4) is 0 Å². The summed E-state index contributed by atoms with van der Waals surface area (Å²) in [7, 11) is 5.74. The van der Waals surface area contributed by atoms with Gasteiger partial charge in [-0.05, 0) is 99.3 Å². The van der Waals surface area contributed by atoms with Gasteiger partial charge in [0, 0.05) is 45.1 Å². The number of anilines is 2. The van der Waals surface area contributed by atoms with Crippen LogP contribution in [0.4, 0.5) is 11.4 Å². The summed E-state index contributed by atoms with van der Waals surface area (Å²) in [4.78, 5) is 33.3. The predicted molar refractivity (Wildman–Crippen MR) is 181 cm³/mol. The van der Waals surface area contributed by atoms with E-state index in [2.05, 4.69) is 46.6 Å². The van der Waals surface area contributed by atoms with E-state index in [1.165, 1.54) is 5.56 Å². The highest BCUT2D eigenvalue weighted by molar-refractivity contribution is 6.01. The fourth-order valence-electron chi connectivity index (χ4n) is 6.56. The number of carbonyl (C=O) groups excluding carboxylic acids is 2. The van der Waals surface area contributed by atoms with Crippen LogP contribution in [0.25, 0.3) is 11.1 Å². The van der Waals surface area contributed by atoms with E-state index in [0.29, 0.717) is 32.1 Å². The topological polar surface area (TPSA) is 83.6 Å². The van der Waals surface area contributed by atoms with Gasteiger partial charge in [-0.2, -0.15) is 0 Å². The fraction of sp³-hybridized carbons (Fsp3) is 0.459. The zero-order valence-corrected chi connectivity index (χ0v) is 27.2. The molecule has 3 aromatic rings.